The fourth-order valence-corrected chi connectivity index (χ4v) is 4.94. The number of fused-ring (bicyclic) bond motifs is 2. The van der Waals surface area contributed by atoms with E-state index >= 15 is 0 Å². The highest BCUT2D eigenvalue weighted by molar-refractivity contribution is 9.09. The predicted molar refractivity (Wildman–Crippen MR) is 78.1 cm³/mol. The third-order valence-electron chi connectivity index (χ3n) is 5.00. The van der Waals surface area contributed by atoms with Gasteiger partial charge in [-0.1, -0.05) is 22.4 Å². The van der Waals surface area contributed by atoms with Crippen molar-refractivity contribution in [3.63, 3.8) is 0 Å². The molecule has 0 aliphatic heterocycles. The summed E-state index contributed by atoms with van der Waals surface area (Å²) in [5.74, 6) is 1.42. The zero-order chi connectivity index (χ0) is 14.3. The van der Waals surface area contributed by atoms with Crippen molar-refractivity contribution in [2.24, 2.45) is 17.8 Å². The Hall–Kier alpha value is -0.640. The van der Waals surface area contributed by atoms with Gasteiger partial charge < -0.3 is 4.74 Å². The number of rotatable bonds is 4. The molecule has 4 heteroatoms. The number of methoxy groups -OCH3 is 1. The average Bonchev–Trinajstić information content (AvgIpc) is 2.99. The van der Waals surface area contributed by atoms with Gasteiger partial charge >= 0.3 is 0 Å². The summed E-state index contributed by atoms with van der Waals surface area (Å²) in [5.41, 5.74) is 0.147. The minimum absolute atomic E-state index is 0.147. The van der Waals surface area contributed by atoms with Crippen molar-refractivity contribution in [1.82, 2.24) is 0 Å². The van der Waals surface area contributed by atoms with Crippen LogP contribution in [0.3, 0.4) is 0 Å². The van der Waals surface area contributed by atoms with E-state index in [1.807, 2.05) is 0 Å². The number of benzene rings is 1. The molecule has 1 aromatic rings. The molecule has 110 valence electrons. The Bertz CT molecular complexity index is 482. The number of halogens is 3. The molecule has 2 aliphatic rings. The molecule has 4 atom stereocenters. The summed E-state index contributed by atoms with van der Waals surface area (Å²) in [6.45, 7) is 0. The van der Waals surface area contributed by atoms with E-state index in [1.54, 1.807) is 0 Å². The highest BCUT2D eigenvalue weighted by Crippen LogP contribution is 2.52. The van der Waals surface area contributed by atoms with Gasteiger partial charge in [0.15, 0.2) is 0 Å². The third-order valence-corrected chi connectivity index (χ3v) is 5.83. The maximum absolute atomic E-state index is 14.1. The minimum Gasteiger partial charge on any atom is -0.497 e. The number of ether oxygens (including phenoxy) is 1. The van der Waals surface area contributed by atoms with Gasteiger partial charge in [-0.3, -0.25) is 0 Å². The van der Waals surface area contributed by atoms with Crippen molar-refractivity contribution in [2.45, 2.75) is 36.9 Å². The summed E-state index contributed by atoms with van der Waals surface area (Å²) in [7, 11) is 1.41. The van der Waals surface area contributed by atoms with Gasteiger partial charge in [0.1, 0.15) is 17.4 Å². The molecule has 1 nitrogen and oxygen atoms in total. The van der Waals surface area contributed by atoms with Crippen molar-refractivity contribution < 1.29 is 13.5 Å². The van der Waals surface area contributed by atoms with E-state index in [0.717, 1.165) is 18.3 Å². The molecular weight excluding hydrogens is 326 g/mol. The monoisotopic (exact) mass is 344 g/mol. The standard InChI is InChI=1S/C16H19BrF2O/c1-20-12-7-14(18)16(15(19)8-12)13(17)6-11-5-9-2-3-10(11)4-9/h7-11,13H,2-6H2,1H3. The molecular formula is C16H19BrF2O. The van der Waals surface area contributed by atoms with Crippen LogP contribution in [0.15, 0.2) is 12.1 Å². The second kappa shape index (κ2) is 5.63. The van der Waals surface area contributed by atoms with Crippen LogP contribution in [0.2, 0.25) is 0 Å². The predicted octanol–water partition coefficient (Wildman–Crippen LogP) is 5.24. The van der Waals surface area contributed by atoms with Gasteiger partial charge in [-0.15, -0.1) is 0 Å². The van der Waals surface area contributed by atoms with Crippen molar-refractivity contribution >= 4 is 15.9 Å². The highest BCUT2D eigenvalue weighted by Gasteiger charge is 2.40. The smallest absolute Gasteiger partial charge is 0.134 e. The minimum atomic E-state index is -0.521. The molecule has 2 bridgehead atoms. The Morgan fingerprint density at radius 1 is 1.25 bits per heavy atom. The van der Waals surface area contributed by atoms with Crippen molar-refractivity contribution in [1.29, 1.82) is 0 Å². The Morgan fingerprint density at radius 3 is 2.45 bits per heavy atom. The summed E-state index contributed by atoms with van der Waals surface area (Å²) in [6.07, 6.45) is 6.01. The summed E-state index contributed by atoms with van der Waals surface area (Å²) >= 11 is 3.49. The van der Waals surface area contributed by atoms with Crippen LogP contribution in [0.1, 0.15) is 42.5 Å². The van der Waals surface area contributed by atoms with Crippen LogP contribution in [0.4, 0.5) is 8.78 Å². The molecule has 2 aliphatic carbocycles. The summed E-state index contributed by atoms with van der Waals surface area (Å²) in [4.78, 5) is -0.252. The molecule has 2 saturated carbocycles. The van der Waals surface area contributed by atoms with Crippen LogP contribution >= 0.6 is 15.9 Å². The van der Waals surface area contributed by atoms with E-state index in [1.165, 1.54) is 44.9 Å². The summed E-state index contributed by atoms with van der Waals surface area (Å²) in [6, 6.07) is 2.51. The van der Waals surface area contributed by atoms with Gasteiger partial charge in [-0.05, 0) is 43.4 Å². The van der Waals surface area contributed by atoms with Crippen molar-refractivity contribution in [3.8, 4) is 5.75 Å². The largest absolute Gasteiger partial charge is 0.497 e. The lowest BCUT2D eigenvalue weighted by atomic mass is 9.84. The Morgan fingerprint density at radius 2 is 1.95 bits per heavy atom. The topological polar surface area (TPSA) is 9.23 Å². The van der Waals surface area contributed by atoms with Crippen LogP contribution in [0.5, 0.6) is 5.75 Å². The van der Waals surface area contributed by atoms with Crippen molar-refractivity contribution in [3.05, 3.63) is 29.3 Å². The number of alkyl halides is 1. The zero-order valence-corrected chi connectivity index (χ0v) is 13.1. The van der Waals surface area contributed by atoms with Crippen LogP contribution in [-0.2, 0) is 0 Å². The molecule has 2 fully saturated rings. The van der Waals surface area contributed by atoms with Crippen LogP contribution in [0.25, 0.3) is 0 Å². The first-order valence-electron chi connectivity index (χ1n) is 7.25. The van der Waals surface area contributed by atoms with E-state index < -0.39 is 11.6 Å². The maximum Gasteiger partial charge on any atom is 0.134 e. The SMILES string of the molecule is COc1cc(F)c(C(Br)CC2CC3CCC2C3)c(F)c1. The van der Waals surface area contributed by atoms with Gasteiger partial charge in [-0.2, -0.15) is 0 Å². The zero-order valence-electron chi connectivity index (χ0n) is 11.5. The normalized spacial score (nSPS) is 29.7. The van der Waals surface area contributed by atoms with E-state index in [2.05, 4.69) is 15.9 Å². The van der Waals surface area contributed by atoms with Crippen LogP contribution in [0, 0.1) is 29.4 Å². The highest BCUT2D eigenvalue weighted by atomic mass is 79.9. The molecule has 0 amide bonds. The molecule has 3 rings (SSSR count). The number of hydrogen-bond donors (Lipinski definition) is 0. The Balaban J connectivity index is 1.75. The van der Waals surface area contributed by atoms with E-state index in [4.69, 9.17) is 4.74 Å². The third kappa shape index (κ3) is 2.59. The molecule has 0 spiro atoms. The van der Waals surface area contributed by atoms with Gasteiger partial charge in [0.05, 0.1) is 7.11 Å². The number of hydrogen-bond acceptors (Lipinski definition) is 1. The average molecular weight is 345 g/mol. The van der Waals surface area contributed by atoms with E-state index in [-0.39, 0.29) is 16.1 Å². The molecule has 0 N–H and O–H groups in total. The summed E-state index contributed by atoms with van der Waals surface area (Å²) < 4.78 is 33.0. The van der Waals surface area contributed by atoms with Crippen molar-refractivity contribution in [2.75, 3.05) is 7.11 Å². The second-order valence-electron chi connectivity index (χ2n) is 6.14. The lowest BCUT2D eigenvalue weighted by molar-refractivity contribution is 0.311. The van der Waals surface area contributed by atoms with Gasteiger partial charge in [0.25, 0.3) is 0 Å². The lowest BCUT2D eigenvalue weighted by Gasteiger charge is -2.24. The molecule has 0 heterocycles. The Labute approximate surface area is 126 Å². The molecule has 0 aromatic heterocycles. The lowest BCUT2D eigenvalue weighted by Crippen LogP contribution is -2.13. The van der Waals surface area contributed by atoms with Gasteiger partial charge in [0.2, 0.25) is 0 Å². The fourth-order valence-electron chi connectivity index (χ4n) is 4.03. The molecule has 0 saturated heterocycles. The van der Waals surface area contributed by atoms with Gasteiger partial charge in [-0.25, -0.2) is 8.78 Å². The molecule has 1 aromatic carbocycles. The molecule has 4 unspecified atom stereocenters. The van der Waals surface area contributed by atoms with Gasteiger partial charge in [0, 0.05) is 22.5 Å². The quantitative estimate of drug-likeness (QED) is 0.679. The second-order valence-corrected chi connectivity index (χ2v) is 7.25. The molecule has 0 radical (unpaired) electrons. The summed E-state index contributed by atoms with van der Waals surface area (Å²) in [5, 5.41) is 0. The van der Waals surface area contributed by atoms with E-state index in [9.17, 15) is 8.78 Å². The first-order valence-corrected chi connectivity index (χ1v) is 8.17. The molecule has 20 heavy (non-hydrogen) atoms. The maximum atomic E-state index is 14.1. The Kier molecular flexibility index (Phi) is 4.02. The van der Waals surface area contributed by atoms with Crippen LogP contribution < -0.4 is 4.74 Å². The first kappa shape index (κ1) is 14.3. The first-order chi connectivity index (χ1) is 9.58. The fraction of sp³-hybridized carbons (Fsp3) is 0.625. The van der Waals surface area contributed by atoms with Crippen LogP contribution in [-0.4, -0.2) is 7.11 Å². The van der Waals surface area contributed by atoms with E-state index in [0.29, 0.717) is 5.92 Å².